The van der Waals surface area contributed by atoms with Gasteiger partial charge < -0.3 is 16.0 Å². The Bertz CT molecular complexity index is 612. The van der Waals surface area contributed by atoms with Gasteiger partial charge in [0.25, 0.3) is 0 Å². The van der Waals surface area contributed by atoms with E-state index in [0.717, 1.165) is 37.9 Å². The largest absolute Gasteiger partial charge is 0.325 e. The maximum absolute atomic E-state index is 12.6. The SMILES string of the molecule is CC(=O)Nc1ccc(C)cc1NC(=O)C1CC12CCNCC2.Cl. The molecule has 3 N–H and O–H groups in total. The van der Waals surface area contributed by atoms with Crippen molar-refractivity contribution in [3.8, 4) is 0 Å². The quantitative estimate of drug-likeness (QED) is 0.794. The lowest BCUT2D eigenvalue weighted by Gasteiger charge is -2.23. The van der Waals surface area contributed by atoms with Crippen LogP contribution in [0.15, 0.2) is 18.2 Å². The average molecular weight is 338 g/mol. The first-order chi connectivity index (χ1) is 10.5. The molecule has 0 aromatic heterocycles. The molecule has 1 saturated carbocycles. The lowest BCUT2D eigenvalue weighted by molar-refractivity contribution is -0.118. The number of piperidine rings is 1. The maximum atomic E-state index is 12.6. The summed E-state index contributed by atoms with van der Waals surface area (Å²) in [6.45, 7) is 5.45. The zero-order valence-corrected chi connectivity index (χ0v) is 14.4. The number of anilines is 2. The highest BCUT2D eigenvalue weighted by atomic mass is 35.5. The third-order valence-corrected chi connectivity index (χ3v) is 4.85. The lowest BCUT2D eigenvalue weighted by Crippen LogP contribution is -2.31. The zero-order chi connectivity index (χ0) is 15.7. The van der Waals surface area contributed by atoms with Crippen molar-refractivity contribution in [3.05, 3.63) is 23.8 Å². The van der Waals surface area contributed by atoms with E-state index in [-0.39, 0.29) is 35.6 Å². The van der Waals surface area contributed by atoms with Crippen LogP contribution >= 0.6 is 12.4 Å². The Morgan fingerprint density at radius 3 is 2.52 bits per heavy atom. The molecule has 1 saturated heterocycles. The number of hydrogen-bond acceptors (Lipinski definition) is 3. The van der Waals surface area contributed by atoms with Crippen LogP contribution in [0.4, 0.5) is 11.4 Å². The van der Waals surface area contributed by atoms with Crippen LogP contribution in [-0.2, 0) is 9.59 Å². The number of hydrogen-bond donors (Lipinski definition) is 3. The number of amides is 2. The van der Waals surface area contributed by atoms with Gasteiger partial charge in [-0.3, -0.25) is 9.59 Å². The first-order valence-electron chi connectivity index (χ1n) is 7.90. The van der Waals surface area contributed by atoms with Crippen molar-refractivity contribution in [2.45, 2.75) is 33.1 Å². The molecule has 23 heavy (non-hydrogen) atoms. The van der Waals surface area contributed by atoms with E-state index in [2.05, 4.69) is 16.0 Å². The van der Waals surface area contributed by atoms with Gasteiger partial charge in [0.05, 0.1) is 11.4 Å². The summed E-state index contributed by atoms with van der Waals surface area (Å²) in [4.78, 5) is 23.8. The summed E-state index contributed by atoms with van der Waals surface area (Å²) >= 11 is 0. The Balaban J connectivity index is 0.00000192. The molecule has 3 rings (SSSR count). The molecule has 0 radical (unpaired) electrons. The molecule has 1 aromatic carbocycles. The van der Waals surface area contributed by atoms with E-state index < -0.39 is 0 Å². The molecule has 1 aliphatic carbocycles. The highest BCUT2D eigenvalue weighted by Gasteiger charge is 2.57. The predicted molar refractivity (Wildman–Crippen MR) is 94.0 cm³/mol. The minimum atomic E-state index is -0.138. The van der Waals surface area contributed by atoms with Gasteiger partial charge in [-0.1, -0.05) is 6.07 Å². The van der Waals surface area contributed by atoms with Gasteiger partial charge in [-0.15, -0.1) is 12.4 Å². The van der Waals surface area contributed by atoms with Crippen molar-refractivity contribution in [1.82, 2.24) is 5.32 Å². The minimum absolute atomic E-state index is 0. The number of benzene rings is 1. The number of halogens is 1. The molecule has 0 bridgehead atoms. The van der Waals surface area contributed by atoms with Gasteiger partial charge in [0, 0.05) is 12.8 Å². The summed E-state index contributed by atoms with van der Waals surface area (Å²) in [7, 11) is 0. The second-order valence-electron chi connectivity index (χ2n) is 6.59. The zero-order valence-electron chi connectivity index (χ0n) is 13.6. The van der Waals surface area contributed by atoms with Crippen molar-refractivity contribution in [2.24, 2.45) is 11.3 Å². The molecule has 6 heteroatoms. The van der Waals surface area contributed by atoms with Crippen LogP contribution in [-0.4, -0.2) is 24.9 Å². The van der Waals surface area contributed by atoms with Crippen LogP contribution in [0.2, 0.25) is 0 Å². The molecule has 2 aliphatic rings. The molecule has 1 aliphatic heterocycles. The summed E-state index contributed by atoms with van der Waals surface area (Å²) in [6.07, 6.45) is 3.15. The molecule has 1 atom stereocenters. The molecule has 1 unspecified atom stereocenters. The summed E-state index contributed by atoms with van der Waals surface area (Å²) in [5.74, 6) is 0.0555. The van der Waals surface area contributed by atoms with E-state index in [1.165, 1.54) is 6.92 Å². The topological polar surface area (TPSA) is 70.2 Å². The molecule has 1 aromatic rings. The average Bonchev–Trinajstić information content (AvgIpc) is 3.16. The third kappa shape index (κ3) is 3.85. The fourth-order valence-electron chi connectivity index (χ4n) is 3.48. The van der Waals surface area contributed by atoms with Crippen LogP contribution in [0.25, 0.3) is 0 Å². The monoisotopic (exact) mass is 337 g/mol. The van der Waals surface area contributed by atoms with Crippen molar-refractivity contribution in [2.75, 3.05) is 23.7 Å². The van der Waals surface area contributed by atoms with Crippen LogP contribution < -0.4 is 16.0 Å². The van der Waals surface area contributed by atoms with Gasteiger partial charge in [0.2, 0.25) is 11.8 Å². The van der Waals surface area contributed by atoms with Gasteiger partial charge in [0.1, 0.15) is 0 Å². The van der Waals surface area contributed by atoms with Crippen LogP contribution in [0.3, 0.4) is 0 Å². The molecular weight excluding hydrogens is 314 g/mol. The molecule has 1 heterocycles. The summed E-state index contributed by atoms with van der Waals surface area (Å²) in [5.41, 5.74) is 2.62. The van der Waals surface area contributed by atoms with Gasteiger partial charge in [-0.05, 0) is 62.4 Å². The molecule has 126 valence electrons. The number of nitrogens with one attached hydrogen (secondary N) is 3. The Hall–Kier alpha value is -1.59. The Morgan fingerprint density at radius 2 is 1.87 bits per heavy atom. The van der Waals surface area contributed by atoms with Crippen molar-refractivity contribution in [3.63, 3.8) is 0 Å². The van der Waals surface area contributed by atoms with Crippen molar-refractivity contribution < 1.29 is 9.59 Å². The summed E-state index contributed by atoms with van der Waals surface area (Å²) < 4.78 is 0. The molecule has 2 fully saturated rings. The first-order valence-corrected chi connectivity index (χ1v) is 7.90. The fourth-order valence-corrected chi connectivity index (χ4v) is 3.48. The molecule has 2 amide bonds. The van der Waals surface area contributed by atoms with E-state index in [1.54, 1.807) is 0 Å². The fraction of sp³-hybridized carbons (Fsp3) is 0.529. The standard InChI is InChI=1S/C17H23N3O2.ClH/c1-11-3-4-14(19-12(2)21)15(9-11)20-16(22)13-10-17(13)5-7-18-8-6-17;/h3-4,9,13,18H,5-8,10H2,1-2H3,(H,19,21)(H,20,22);1H. The van der Waals surface area contributed by atoms with Crippen molar-refractivity contribution >= 4 is 35.6 Å². The van der Waals surface area contributed by atoms with E-state index in [1.807, 2.05) is 25.1 Å². The number of rotatable bonds is 3. The molecule has 5 nitrogen and oxygen atoms in total. The lowest BCUT2D eigenvalue weighted by atomic mass is 9.92. The van der Waals surface area contributed by atoms with E-state index in [9.17, 15) is 9.59 Å². The maximum Gasteiger partial charge on any atom is 0.228 e. The molecule has 1 spiro atoms. The third-order valence-electron chi connectivity index (χ3n) is 4.85. The van der Waals surface area contributed by atoms with Gasteiger partial charge in [0.15, 0.2) is 0 Å². The summed E-state index contributed by atoms with van der Waals surface area (Å²) in [5, 5.41) is 9.14. The van der Waals surface area contributed by atoms with Gasteiger partial charge in [-0.25, -0.2) is 0 Å². The van der Waals surface area contributed by atoms with Crippen LogP contribution in [0, 0.1) is 18.3 Å². The number of aryl methyl sites for hydroxylation is 1. The predicted octanol–water partition coefficient (Wildman–Crippen LogP) is 2.70. The Morgan fingerprint density at radius 1 is 1.17 bits per heavy atom. The van der Waals surface area contributed by atoms with Crippen LogP contribution in [0.5, 0.6) is 0 Å². The first kappa shape index (κ1) is 17.8. The second-order valence-corrected chi connectivity index (χ2v) is 6.59. The second kappa shape index (κ2) is 6.89. The smallest absolute Gasteiger partial charge is 0.228 e. The Kier molecular flexibility index (Phi) is 5.32. The number of carbonyl (C=O) groups excluding carboxylic acids is 2. The van der Waals surface area contributed by atoms with Gasteiger partial charge >= 0.3 is 0 Å². The minimum Gasteiger partial charge on any atom is -0.325 e. The molecular formula is C17H24ClN3O2. The van der Waals surface area contributed by atoms with Crippen LogP contribution in [0.1, 0.15) is 31.7 Å². The van der Waals surface area contributed by atoms with Gasteiger partial charge in [-0.2, -0.15) is 0 Å². The van der Waals surface area contributed by atoms with E-state index >= 15 is 0 Å². The van der Waals surface area contributed by atoms with E-state index in [0.29, 0.717) is 11.4 Å². The van der Waals surface area contributed by atoms with E-state index in [4.69, 9.17) is 0 Å². The highest BCUT2D eigenvalue weighted by molar-refractivity contribution is 6.01. The highest BCUT2D eigenvalue weighted by Crippen LogP contribution is 2.58. The summed E-state index contributed by atoms with van der Waals surface area (Å²) in [6, 6.07) is 5.66. The normalized spacial score (nSPS) is 21.2. The number of carbonyl (C=O) groups is 2. The van der Waals surface area contributed by atoms with Crippen molar-refractivity contribution in [1.29, 1.82) is 0 Å². The Labute approximate surface area is 143 Å².